The van der Waals surface area contributed by atoms with E-state index >= 15 is 0 Å². The van der Waals surface area contributed by atoms with Crippen molar-refractivity contribution in [1.29, 1.82) is 0 Å². The minimum atomic E-state index is -1.15. The van der Waals surface area contributed by atoms with Crippen LogP contribution in [-0.2, 0) is 9.53 Å². The van der Waals surface area contributed by atoms with E-state index in [0.717, 1.165) is 11.3 Å². The number of fused-ring (bicyclic) bond motifs is 1. The van der Waals surface area contributed by atoms with Crippen LogP contribution in [0.2, 0.25) is 5.02 Å². The monoisotopic (exact) mass is 656 g/mol. The van der Waals surface area contributed by atoms with Crippen molar-refractivity contribution >= 4 is 56.9 Å². The summed E-state index contributed by atoms with van der Waals surface area (Å²) in [6.45, 7) is 3.60. The second kappa shape index (κ2) is 11.5. The summed E-state index contributed by atoms with van der Waals surface area (Å²) in [6.07, 6.45) is 1.59. The lowest BCUT2D eigenvalue weighted by molar-refractivity contribution is -0.139. The zero-order valence-corrected chi connectivity index (χ0v) is 25.1. The van der Waals surface area contributed by atoms with Gasteiger partial charge in [-0.15, -0.1) is 0 Å². The molecule has 4 aromatic rings. The molecule has 1 N–H and O–H groups in total. The minimum absolute atomic E-state index is 0.0478. The van der Waals surface area contributed by atoms with Crippen LogP contribution < -0.4 is 19.6 Å². The van der Waals surface area contributed by atoms with Gasteiger partial charge >= 0.3 is 11.9 Å². The molecule has 0 saturated carbocycles. The molecule has 0 saturated heterocycles. The number of halogens is 2. The molecule has 0 aliphatic carbocycles. The summed E-state index contributed by atoms with van der Waals surface area (Å²) in [6, 6.07) is 12.5. The number of allylic oxidation sites excluding steroid dienone is 1. The number of carbonyl (C=O) groups is 2. The number of nitrogens with zero attached hydrogens (tertiary/aromatic N) is 2. The third-order valence-electron chi connectivity index (χ3n) is 6.39. The Balaban J connectivity index is 1.63. The number of ether oxygens (including phenoxy) is 2. The number of esters is 1. The third kappa shape index (κ3) is 5.40. The van der Waals surface area contributed by atoms with Crippen molar-refractivity contribution in [2.75, 3.05) is 13.7 Å². The first-order valence-corrected chi connectivity index (χ1v) is 14.3. The maximum absolute atomic E-state index is 13.8. The van der Waals surface area contributed by atoms with Crippen LogP contribution in [0, 0.1) is 0 Å². The molecule has 1 aliphatic rings. The second-order valence-electron chi connectivity index (χ2n) is 8.90. The maximum atomic E-state index is 13.8. The molecule has 0 amide bonds. The van der Waals surface area contributed by atoms with Crippen molar-refractivity contribution in [3.05, 3.63) is 106 Å². The van der Waals surface area contributed by atoms with Crippen molar-refractivity contribution in [2.24, 2.45) is 4.99 Å². The van der Waals surface area contributed by atoms with Crippen LogP contribution in [0.25, 0.3) is 17.4 Å². The van der Waals surface area contributed by atoms with Gasteiger partial charge in [0.15, 0.2) is 4.80 Å². The van der Waals surface area contributed by atoms with Gasteiger partial charge in [0.05, 0.1) is 50.6 Å². The molecule has 210 valence electrons. The quantitative estimate of drug-likeness (QED) is 0.272. The fourth-order valence-electron chi connectivity index (χ4n) is 4.52. The normalized spacial score (nSPS) is 15.0. The van der Waals surface area contributed by atoms with E-state index in [1.165, 1.54) is 16.7 Å². The van der Waals surface area contributed by atoms with Crippen molar-refractivity contribution in [2.45, 2.75) is 19.9 Å². The van der Waals surface area contributed by atoms with E-state index in [-0.39, 0.29) is 28.3 Å². The number of hydrogen-bond donors (Lipinski definition) is 1. The highest BCUT2D eigenvalue weighted by molar-refractivity contribution is 9.10. The van der Waals surface area contributed by atoms with Gasteiger partial charge in [-0.25, -0.2) is 14.6 Å². The van der Waals surface area contributed by atoms with Gasteiger partial charge in [0.2, 0.25) is 0 Å². The van der Waals surface area contributed by atoms with E-state index in [0.29, 0.717) is 47.9 Å². The first-order valence-electron chi connectivity index (χ1n) is 12.3. The molecule has 9 nitrogen and oxygen atoms in total. The van der Waals surface area contributed by atoms with Crippen LogP contribution in [0.5, 0.6) is 5.75 Å². The van der Waals surface area contributed by atoms with Crippen LogP contribution in [0.4, 0.5) is 0 Å². The number of carboxylic acid groups (broad SMARTS) is 1. The highest BCUT2D eigenvalue weighted by Gasteiger charge is 2.33. The zero-order valence-electron chi connectivity index (χ0n) is 21.9. The molecule has 5 rings (SSSR count). The molecule has 2 aromatic carbocycles. The Morgan fingerprint density at radius 2 is 2.00 bits per heavy atom. The van der Waals surface area contributed by atoms with E-state index < -0.39 is 18.0 Å². The van der Waals surface area contributed by atoms with E-state index in [2.05, 4.69) is 20.9 Å². The maximum Gasteiger partial charge on any atom is 0.338 e. The SMILES string of the molecule is CCOC(=O)C1=C(C)N=c2s/c(=C/c3ccc(-c4ccc(Cl)c(C(=O)O)c4)o3)c(=O)n2[C@H]1c1ccc(OC)c(Br)c1. The summed E-state index contributed by atoms with van der Waals surface area (Å²) in [5.74, 6) is -0.323. The van der Waals surface area contributed by atoms with Crippen molar-refractivity contribution in [3.63, 3.8) is 0 Å². The molecular formula is C29H22BrClN2O7S. The highest BCUT2D eigenvalue weighted by atomic mass is 79.9. The Morgan fingerprint density at radius 3 is 2.68 bits per heavy atom. The second-order valence-corrected chi connectivity index (χ2v) is 11.2. The van der Waals surface area contributed by atoms with Crippen LogP contribution in [0.1, 0.15) is 41.6 Å². The number of methoxy groups -OCH3 is 1. The van der Waals surface area contributed by atoms with Crippen LogP contribution in [0.15, 0.2) is 78.5 Å². The van der Waals surface area contributed by atoms with Crippen molar-refractivity contribution in [3.8, 4) is 17.1 Å². The number of benzene rings is 2. The summed E-state index contributed by atoms with van der Waals surface area (Å²) in [5, 5.41) is 9.50. The van der Waals surface area contributed by atoms with Crippen molar-refractivity contribution < 1.29 is 28.6 Å². The number of rotatable bonds is 7. The molecule has 0 unspecified atom stereocenters. The predicted molar refractivity (Wildman–Crippen MR) is 157 cm³/mol. The van der Waals surface area contributed by atoms with Gasteiger partial charge in [-0.05, 0) is 77.8 Å². The molecule has 41 heavy (non-hydrogen) atoms. The average Bonchev–Trinajstić information content (AvgIpc) is 3.52. The number of carbonyl (C=O) groups excluding carboxylic acids is 1. The van der Waals surface area contributed by atoms with Gasteiger partial charge in [0.1, 0.15) is 17.3 Å². The number of hydrogen-bond acceptors (Lipinski definition) is 8. The number of aromatic nitrogens is 1. The minimum Gasteiger partial charge on any atom is -0.496 e. The topological polar surface area (TPSA) is 120 Å². The van der Waals surface area contributed by atoms with Crippen LogP contribution in [0.3, 0.4) is 0 Å². The van der Waals surface area contributed by atoms with E-state index in [1.54, 1.807) is 63.4 Å². The predicted octanol–water partition coefficient (Wildman–Crippen LogP) is 5.18. The molecule has 0 spiro atoms. The largest absolute Gasteiger partial charge is 0.496 e. The van der Waals surface area contributed by atoms with E-state index in [1.807, 2.05) is 0 Å². The first-order chi connectivity index (χ1) is 19.6. The summed E-state index contributed by atoms with van der Waals surface area (Å²) in [7, 11) is 1.55. The Labute approximate surface area is 250 Å². The standard InChI is InChI=1S/C29H22BrClN2O7S/c1-4-39-28(37)24-14(2)32-29-33(25(24)16-6-9-22(38-3)19(30)12-16)26(34)23(41-29)13-17-7-10-21(40-17)15-5-8-20(31)18(11-15)27(35)36/h5-13,25H,4H2,1-3H3,(H,35,36)/b23-13+/t25-/m0/s1. The van der Waals surface area contributed by atoms with Gasteiger partial charge < -0.3 is 19.0 Å². The molecule has 0 radical (unpaired) electrons. The summed E-state index contributed by atoms with van der Waals surface area (Å²) in [5.41, 5.74) is 1.49. The number of thiazole rings is 1. The molecule has 12 heteroatoms. The van der Waals surface area contributed by atoms with Crippen LogP contribution >= 0.6 is 38.9 Å². The average molecular weight is 658 g/mol. The smallest absolute Gasteiger partial charge is 0.338 e. The molecule has 0 bridgehead atoms. The summed E-state index contributed by atoms with van der Waals surface area (Å²) < 4.78 is 19.1. The third-order valence-corrected chi connectivity index (χ3v) is 8.32. The lowest BCUT2D eigenvalue weighted by atomic mass is 9.96. The lowest BCUT2D eigenvalue weighted by Gasteiger charge is -2.25. The highest BCUT2D eigenvalue weighted by Crippen LogP contribution is 2.35. The molecule has 3 heterocycles. The first kappa shape index (κ1) is 28.6. The van der Waals surface area contributed by atoms with Crippen molar-refractivity contribution in [1.82, 2.24) is 4.57 Å². The number of carboxylic acids is 1. The molecule has 1 atom stereocenters. The van der Waals surface area contributed by atoms with Gasteiger partial charge in [-0.3, -0.25) is 9.36 Å². The fourth-order valence-corrected chi connectivity index (χ4v) is 6.30. The Hall–Kier alpha value is -3.93. The van der Waals surface area contributed by atoms with E-state index in [9.17, 15) is 19.5 Å². The van der Waals surface area contributed by atoms with Gasteiger partial charge in [-0.2, -0.15) is 0 Å². The molecule has 2 aromatic heterocycles. The Morgan fingerprint density at radius 1 is 1.22 bits per heavy atom. The fraction of sp³-hybridized carbons (Fsp3) is 0.172. The number of aromatic carboxylic acids is 1. The van der Waals surface area contributed by atoms with Gasteiger partial charge in [-0.1, -0.05) is 29.0 Å². The lowest BCUT2D eigenvalue weighted by Crippen LogP contribution is -2.39. The Bertz CT molecular complexity index is 1920. The van der Waals surface area contributed by atoms with E-state index in [4.69, 9.17) is 25.5 Å². The Kier molecular flexibility index (Phi) is 8.03. The van der Waals surface area contributed by atoms with Gasteiger partial charge in [0.25, 0.3) is 5.56 Å². The van der Waals surface area contributed by atoms with Gasteiger partial charge in [0, 0.05) is 11.6 Å². The van der Waals surface area contributed by atoms with Crippen LogP contribution in [-0.4, -0.2) is 35.3 Å². The summed E-state index contributed by atoms with van der Waals surface area (Å²) in [4.78, 5) is 43.4. The molecule has 1 aliphatic heterocycles. The zero-order chi connectivity index (χ0) is 29.4. The summed E-state index contributed by atoms with van der Waals surface area (Å²) >= 11 is 10.7. The molecule has 0 fully saturated rings. The molecular weight excluding hydrogens is 636 g/mol. The number of furan rings is 1.